The molecule has 0 aromatic rings. The first-order valence-electron chi connectivity index (χ1n) is 5.96. The van der Waals surface area contributed by atoms with Crippen molar-refractivity contribution in [2.75, 3.05) is 32.7 Å². The monoisotopic (exact) mass is 198 g/mol. The van der Waals surface area contributed by atoms with Crippen molar-refractivity contribution < 1.29 is 0 Å². The van der Waals surface area contributed by atoms with Crippen LogP contribution in [0, 0.1) is 11.3 Å². The van der Waals surface area contributed by atoms with Crippen LogP contribution in [0.2, 0.25) is 0 Å². The molecule has 0 spiro atoms. The van der Waals surface area contributed by atoms with Gasteiger partial charge in [-0.2, -0.15) is 0 Å². The second kappa shape index (κ2) is 5.13. The molecule has 0 bridgehead atoms. The van der Waals surface area contributed by atoms with Gasteiger partial charge in [0.1, 0.15) is 0 Å². The number of likely N-dealkylation sites (tertiary alicyclic amines) is 1. The molecule has 0 aromatic heterocycles. The molecule has 1 heterocycles. The smallest absolute Gasteiger partial charge is 0.00449 e. The molecule has 1 saturated heterocycles. The van der Waals surface area contributed by atoms with Gasteiger partial charge >= 0.3 is 0 Å². The maximum Gasteiger partial charge on any atom is 0.00449 e. The topological polar surface area (TPSA) is 15.3 Å². The fraction of sp³-hybridized carbons (Fsp3) is 1.00. The Morgan fingerprint density at radius 3 is 2.64 bits per heavy atom. The lowest BCUT2D eigenvalue weighted by Gasteiger charge is -2.30. The maximum atomic E-state index is 3.45. The maximum absolute atomic E-state index is 3.45. The minimum atomic E-state index is 0.417. The standard InChI is InChI=1S/C12H26N2/c1-5-13-9-12(3,4)10-14-7-6-11(2)8-14/h11,13H,5-10H2,1-4H3. The molecule has 1 fully saturated rings. The average molecular weight is 198 g/mol. The summed E-state index contributed by atoms with van der Waals surface area (Å²) in [5.74, 6) is 0.907. The van der Waals surface area contributed by atoms with Crippen molar-refractivity contribution in [1.82, 2.24) is 10.2 Å². The summed E-state index contributed by atoms with van der Waals surface area (Å²) in [5.41, 5.74) is 0.417. The second-order valence-corrected chi connectivity index (χ2v) is 5.57. The van der Waals surface area contributed by atoms with Crippen molar-refractivity contribution in [3.05, 3.63) is 0 Å². The number of hydrogen-bond acceptors (Lipinski definition) is 2. The molecule has 1 aliphatic heterocycles. The number of nitrogens with one attached hydrogen (secondary N) is 1. The van der Waals surface area contributed by atoms with Gasteiger partial charge in [0.25, 0.3) is 0 Å². The van der Waals surface area contributed by atoms with E-state index in [1.807, 2.05) is 0 Å². The summed E-state index contributed by atoms with van der Waals surface area (Å²) in [6.45, 7) is 15.3. The highest BCUT2D eigenvalue weighted by molar-refractivity contribution is 4.80. The van der Waals surface area contributed by atoms with E-state index in [4.69, 9.17) is 0 Å². The van der Waals surface area contributed by atoms with Crippen LogP contribution in [-0.2, 0) is 0 Å². The molecule has 1 unspecified atom stereocenters. The molecule has 2 nitrogen and oxygen atoms in total. The predicted molar refractivity (Wildman–Crippen MR) is 62.5 cm³/mol. The largest absolute Gasteiger partial charge is 0.316 e. The second-order valence-electron chi connectivity index (χ2n) is 5.57. The summed E-state index contributed by atoms with van der Waals surface area (Å²) in [6.07, 6.45) is 1.39. The third-order valence-electron chi connectivity index (χ3n) is 3.01. The van der Waals surface area contributed by atoms with Crippen LogP contribution in [0.1, 0.15) is 34.1 Å². The van der Waals surface area contributed by atoms with Crippen molar-refractivity contribution in [3.63, 3.8) is 0 Å². The van der Waals surface area contributed by atoms with Gasteiger partial charge in [0.05, 0.1) is 0 Å². The first kappa shape index (κ1) is 12.0. The van der Waals surface area contributed by atoms with Crippen molar-refractivity contribution in [2.45, 2.75) is 34.1 Å². The van der Waals surface area contributed by atoms with Crippen LogP contribution in [-0.4, -0.2) is 37.6 Å². The van der Waals surface area contributed by atoms with Gasteiger partial charge < -0.3 is 10.2 Å². The summed E-state index contributed by atoms with van der Waals surface area (Å²) >= 11 is 0. The Labute approximate surface area is 89.1 Å². The van der Waals surface area contributed by atoms with E-state index in [1.54, 1.807) is 0 Å². The summed E-state index contributed by atoms with van der Waals surface area (Å²) in [4.78, 5) is 2.61. The molecule has 1 aliphatic rings. The Morgan fingerprint density at radius 2 is 2.14 bits per heavy atom. The van der Waals surface area contributed by atoms with Crippen molar-refractivity contribution in [1.29, 1.82) is 0 Å². The Kier molecular flexibility index (Phi) is 4.39. The average Bonchev–Trinajstić information content (AvgIpc) is 2.47. The zero-order valence-corrected chi connectivity index (χ0v) is 10.3. The Balaban J connectivity index is 2.27. The molecular formula is C12H26N2. The lowest BCUT2D eigenvalue weighted by Crippen LogP contribution is -2.39. The van der Waals surface area contributed by atoms with Gasteiger partial charge in [-0.1, -0.05) is 27.7 Å². The lowest BCUT2D eigenvalue weighted by molar-refractivity contribution is 0.201. The quantitative estimate of drug-likeness (QED) is 0.726. The fourth-order valence-corrected chi connectivity index (χ4v) is 2.29. The van der Waals surface area contributed by atoms with E-state index in [2.05, 4.69) is 37.9 Å². The lowest BCUT2D eigenvalue weighted by atomic mass is 9.93. The van der Waals surface area contributed by atoms with Gasteiger partial charge in [-0.15, -0.1) is 0 Å². The van der Waals surface area contributed by atoms with E-state index >= 15 is 0 Å². The van der Waals surface area contributed by atoms with Crippen LogP contribution >= 0.6 is 0 Å². The third-order valence-corrected chi connectivity index (χ3v) is 3.01. The minimum Gasteiger partial charge on any atom is -0.316 e. The summed E-state index contributed by atoms with van der Waals surface area (Å²) in [7, 11) is 0. The molecule has 1 atom stereocenters. The SMILES string of the molecule is CCNCC(C)(C)CN1CCC(C)C1. The molecule has 2 heteroatoms. The van der Waals surface area contributed by atoms with Crippen molar-refractivity contribution in [3.8, 4) is 0 Å². The normalized spacial score (nSPS) is 24.4. The van der Waals surface area contributed by atoms with E-state index in [0.29, 0.717) is 5.41 Å². The molecule has 14 heavy (non-hydrogen) atoms. The minimum absolute atomic E-state index is 0.417. The molecule has 1 rings (SSSR count). The molecular weight excluding hydrogens is 172 g/mol. The molecule has 0 radical (unpaired) electrons. The van der Waals surface area contributed by atoms with Gasteiger partial charge in [-0.05, 0) is 30.8 Å². The van der Waals surface area contributed by atoms with Gasteiger partial charge in [0.2, 0.25) is 0 Å². The molecule has 1 N–H and O–H groups in total. The van der Waals surface area contributed by atoms with Crippen LogP contribution in [0.15, 0.2) is 0 Å². The summed E-state index contributed by atoms with van der Waals surface area (Å²) < 4.78 is 0. The van der Waals surface area contributed by atoms with E-state index in [0.717, 1.165) is 19.0 Å². The van der Waals surface area contributed by atoms with E-state index < -0.39 is 0 Å². The number of hydrogen-bond donors (Lipinski definition) is 1. The highest BCUT2D eigenvalue weighted by Gasteiger charge is 2.25. The van der Waals surface area contributed by atoms with Crippen LogP contribution < -0.4 is 5.32 Å². The van der Waals surface area contributed by atoms with E-state index in [-0.39, 0.29) is 0 Å². The Morgan fingerprint density at radius 1 is 1.43 bits per heavy atom. The van der Waals surface area contributed by atoms with Gasteiger partial charge in [-0.3, -0.25) is 0 Å². The Bertz CT molecular complexity index is 166. The number of rotatable bonds is 5. The zero-order chi connectivity index (χ0) is 10.6. The van der Waals surface area contributed by atoms with Crippen molar-refractivity contribution >= 4 is 0 Å². The Hall–Kier alpha value is -0.0800. The van der Waals surface area contributed by atoms with Gasteiger partial charge in [-0.25, -0.2) is 0 Å². The fourth-order valence-electron chi connectivity index (χ4n) is 2.29. The molecule has 0 aliphatic carbocycles. The van der Waals surface area contributed by atoms with Gasteiger partial charge in [0.15, 0.2) is 0 Å². The molecule has 84 valence electrons. The molecule has 0 amide bonds. The highest BCUT2D eigenvalue weighted by Crippen LogP contribution is 2.21. The highest BCUT2D eigenvalue weighted by atomic mass is 15.2. The summed E-state index contributed by atoms with van der Waals surface area (Å²) in [6, 6.07) is 0. The van der Waals surface area contributed by atoms with Crippen LogP contribution in [0.4, 0.5) is 0 Å². The molecule has 0 aromatic carbocycles. The third kappa shape index (κ3) is 3.97. The molecule has 0 saturated carbocycles. The van der Waals surface area contributed by atoms with Gasteiger partial charge in [0, 0.05) is 19.6 Å². The van der Waals surface area contributed by atoms with Crippen LogP contribution in [0.5, 0.6) is 0 Å². The first-order chi connectivity index (χ1) is 6.53. The van der Waals surface area contributed by atoms with Crippen LogP contribution in [0.25, 0.3) is 0 Å². The van der Waals surface area contributed by atoms with E-state index in [9.17, 15) is 0 Å². The van der Waals surface area contributed by atoms with E-state index in [1.165, 1.54) is 26.1 Å². The zero-order valence-electron chi connectivity index (χ0n) is 10.3. The van der Waals surface area contributed by atoms with Crippen LogP contribution in [0.3, 0.4) is 0 Å². The first-order valence-corrected chi connectivity index (χ1v) is 5.96. The summed E-state index contributed by atoms with van der Waals surface area (Å²) in [5, 5.41) is 3.45. The predicted octanol–water partition coefficient (Wildman–Crippen LogP) is 1.96. The number of nitrogens with zero attached hydrogens (tertiary/aromatic N) is 1. The van der Waals surface area contributed by atoms with Crippen molar-refractivity contribution in [2.24, 2.45) is 11.3 Å².